The molecule has 0 aliphatic carbocycles. The van der Waals surface area contributed by atoms with E-state index in [1.807, 2.05) is 13.8 Å². The van der Waals surface area contributed by atoms with E-state index in [4.69, 9.17) is 0 Å². The lowest BCUT2D eigenvalue weighted by Gasteiger charge is -2.01. The number of halogens is 2. The van der Waals surface area contributed by atoms with Crippen molar-refractivity contribution in [3.63, 3.8) is 0 Å². The zero-order chi connectivity index (χ0) is 14.7. The summed E-state index contributed by atoms with van der Waals surface area (Å²) in [5, 5.41) is 0. The molecule has 1 N–H and O–H groups in total. The van der Waals surface area contributed by atoms with Gasteiger partial charge in [-0.2, -0.15) is 0 Å². The Balaban J connectivity index is 2.21. The summed E-state index contributed by atoms with van der Waals surface area (Å²) < 4.78 is 26.3. The van der Waals surface area contributed by atoms with E-state index in [0.717, 1.165) is 36.4 Å². The van der Waals surface area contributed by atoms with E-state index in [1.165, 1.54) is 0 Å². The van der Waals surface area contributed by atoms with Crippen LogP contribution in [-0.2, 0) is 19.3 Å². The molecule has 20 heavy (non-hydrogen) atoms. The molecule has 106 valence electrons. The second-order valence-corrected chi connectivity index (χ2v) is 4.54. The van der Waals surface area contributed by atoms with Gasteiger partial charge in [-0.05, 0) is 25.0 Å². The Labute approximate surface area is 116 Å². The molecule has 1 aromatic carbocycles. The van der Waals surface area contributed by atoms with Crippen LogP contribution in [0.15, 0.2) is 18.2 Å². The van der Waals surface area contributed by atoms with Crippen LogP contribution in [0.3, 0.4) is 0 Å². The number of ketones is 1. The monoisotopic (exact) mass is 278 g/mol. The third-order valence-electron chi connectivity index (χ3n) is 3.16. The van der Waals surface area contributed by atoms with Crippen LogP contribution in [0.2, 0.25) is 0 Å². The van der Waals surface area contributed by atoms with E-state index in [1.54, 1.807) is 0 Å². The lowest BCUT2D eigenvalue weighted by molar-refractivity contribution is 0.0987. The molecule has 0 atom stereocenters. The van der Waals surface area contributed by atoms with Crippen LogP contribution in [0.5, 0.6) is 0 Å². The highest BCUT2D eigenvalue weighted by atomic mass is 19.1. The van der Waals surface area contributed by atoms with E-state index < -0.39 is 17.4 Å². The van der Waals surface area contributed by atoms with Crippen LogP contribution < -0.4 is 0 Å². The molecule has 0 spiro atoms. The van der Waals surface area contributed by atoms with Crippen LogP contribution in [0, 0.1) is 11.6 Å². The number of aromatic nitrogens is 2. The smallest absolute Gasteiger partial charge is 0.173 e. The second kappa shape index (κ2) is 5.94. The van der Waals surface area contributed by atoms with Crippen LogP contribution in [-0.4, -0.2) is 15.8 Å². The standard InChI is InChI=1S/C15H16F2N2O/c1-3-12-13(4-2)19-15(18-12)8-14(20)10-6-5-9(16)7-11(10)17/h5-7H,3-4,8H2,1-2H3,(H,18,19). The molecule has 0 radical (unpaired) electrons. The molecular formula is C15H16F2N2O. The number of aromatic amines is 1. The van der Waals surface area contributed by atoms with Gasteiger partial charge in [-0.3, -0.25) is 4.79 Å². The molecule has 0 aliphatic rings. The van der Waals surface area contributed by atoms with Gasteiger partial charge in [0.15, 0.2) is 5.78 Å². The minimum Gasteiger partial charge on any atom is -0.345 e. The predicted octanol–water partition coefficient (Wildman–Crippen LogP) is 3.24. The summed E-state index contributed by atoms with van der Waals surface area (Å²) >= 11 is 0. The first-order valence-electron chi connectivity index (χ1n) is 6.60. The van der Waals surface area contributed by atoms with Crippen molar-refractivity contribution in [2.45, 2.75) is 33.1 Å². The summed E-state index contributed by atoms with van der Waals surface area (Å²) in [4.78, 5) is 19.4. The Hall–Kier alpha value is -2.04. The van der Waals surface area contributed by atoms with E-state index in [2.05, 4.69) is 9.97 Å². The van der Waals surface area contributed by atoms with Crippen molar-refractivity contribution >= 4 is 5.78 Å². The number of carbonyl (C=O) groups excluding carboxylic acids is 1. The number of Topliss-reactive ketones (excluding diaryl/α,β-unsaturated/α-hetero) is 1. The summed E-state index contributed by atoms with van der Waals surface area (Å²) in [6.07, 6.45) is 1.56. The molecule has 1 heterocycles. The Morgan fingerprint density at radius 3 is 2.55 bits per heavy atom. The molecule has 0 aliphatic heterocycles. The van der Waals surface area contributed by atoms with E-state index in [0.29, 0.717) is 11.9 Å². The SMILES string of the molecule is CCc1nc(CC(=O)c2ccc(F)cc2F)[nH]c1CC. The molecular weight excluding hydrogens is 262 g/mol. The van der Waals surface area contributed by atoms with E-state index >= 15 is 0 Å². The summed E-state index contributed by atoms with van der Waals surface area (Å²) in [7, 11) is 0. The van der Waals surface area contributed by atoms with Crippen molar-refractivity contribution in [2.24, 2.45) is 0 Å². The maximum atomic E-state index is 13.5. The van der Waals surface area contributed by atoms with Gasteiger partial charge in [0.05, 0.1) is 17.7 Å². The van der Waals surface area contributed by atoms with Gasteiger partial charge in [-0.25, -0.2) is 13.8 Å². The first-order valence-corrected chi connectivity index (χ1v) is 6.60. The first kappa shape index (κ1) is 14.4. The topological polar surface area (TPSA) is 45.8 Å². The average Bonchev–Trinajstić information content (AvgIpc) is 2.80. The lowest BCUT2D eigenvalue weighted by Crippen LogP contribution is -2.07. The maximum absolute atomic E-state index is 13.5. The highest BCUT2D eigenvalue weighted by Gasteiger charge is 2.16. The molecule has 3 nitrogen and oxygen atoms in total. The van der Waals surface area contributed by atoms with Crippen LogP contribution in [0.1, 0.15) is 41.4 Å². The summed E-state index contributed by atoms with van der Waals surface area (Å²) in [6, 6.07) is 2.95. The van der Waals surface area contributed by atoms with E-state index in [9.17, 15) is 13.6 Å². The molecule has 0 fully saturated rings. The zero-order valence-electron chi connectivity index (χ0n) is 11.5. The largest absolute Gasteiger partial charge is 0.345 e. The van der Waals surface area contributed by atoms with E-state index in [-0.39, 0.29) is 12.0 Å². The second-order valence-electron chi connectivity index (χ2n) is 4.54. The number of nitrogens with zero attached hydrogens (tertiary/aromatic N) is 1. The Morgan fingerprint density at radius 2 is 2.00 bits per heavy atom. The summed E-state index contributed by atoms with van der Waals surface area (Å²) in [5.74, 6) is -1.43. The lowest BCUT2D eigenvalue weighted by atomic mass is 10.1. The minimum absolute atomic E-state index is 0.0183. The fourth-order valence-corrected chi connectivity index (χ4v) is 2.14. The van der Waals surface area contributed by atoms with Gasteiger partial charge in [0, 0.05) is 11.8 Å². The number of hydrogen-bond acceptors (Lipinski definition) is 2. The Morgan fingerprint density at radius 1 is 1.25 bits per heavy atom. The van der Waals surface area contributed by atoms with Gasteiger partial charge in [-0.1, -0.05) is 13.8 Å². The molecule has 2 rings (SSSR count). The number of hydrogen-bond donors (Lipinski definition) is 1. The average molecular weight is 278 g/mol. The van der Waals surface area contributed by atoms with Crippen LogP contribution in [0.25, 0.3) is 0 Å². The van der Waals surface area contributed by atoms with Gasteiger partial charge >= 0.3 is 0 Å². The molecule has 0 saturated carbocycles. The third-order valence-corrected chi connectivity index (χ3v) is 3.16. The highest BCUT2D eigenvalue weighted by molar-refractivity contribution is 5.97. The van der Waals surface area contributed by atoms with Crippen molar-refractivity contribution in [2.75, 3.05) is 0 Å². The van der Waals surface area contributed by atoms with Gasteiger partial charge in [0.1, 0.15) is 17.5 Å². The molecule has 0 bridgehead atoms. The quantitative estimate of drug-likeness (QED) is 0.853. The summed E-state index contributed by atoms with van der Waals surface area (Å²) in [6.45, 7) is 3.98. The van der Waals surface area contributed by atoms with Gasteiger partial charge < -0.3 is 4.98 Å². The van der Waals surface area contributed by atoms with Crippen molar-refractivity contribution in [3.8, 4) is 0 Å². The Kier molecular flexibility index (Phi) is 4.27. The van der Waals surface area contributed by atoms with Gasteiger partial charge in [0.25, 0.3) is 0 Å². The van der Waals surface area contributed by atoms with Crippen molar-refractivity contribution in [3.05, 3.63) is 52.6 Å². The summed E-state index contributed by atoms with van der Waals surface area (Å²) in [5.41, 5.74) is 1.81. The fraction of sp³-hybridized carbons (Fsp3) is 0.333. The maximum Gasteiger partial charge on any atom is 0.173 e. The van der Waals surface area contributed by atoms with Crippen molar-refractivity contribution in [1.29, 1.82) is 0 Å². The van der Waals surface area contributed by atoms with Gasteiger partial charge in [0.2, 0.25) is 0 Å². The van der Waals surface area contributed by atoms with Crippen molar-refractivity contribution < 1.29 is 13.6 Å². The van der Waals surface area contributed by atoms with Crippen LogP contribution >= 0.6 is 0 Å². The molecule has 5 heteroatoms. The third kappa shape index (κ3) is 2.92. The molecule has 0 amide bonds. The molecule has 0 saturated heterocycles. The number of carbonyl (C=O) groups is 1. The fourth-order valence-electron chi connectivity index (χ4n) is 2.14. The number of benzene rings is 1. The Bertz CT molecular complexity index is 613. The number of imidazole rings is 1. The molecule has 1 aromatic heterocycles. The number of nitrogens with one attached hydrogen (secondary N) is 1. The first-order chi connectivity index (χ1) is 9.55. The normalized spacial score (nSPS) is 10.8. The van der Waals surface area contributed by atoms with Crippen LogP contribution in [0.4, 0.5) is 8.78 Å². The predicted molar refractivity (Wildman–Crippen MR) is 71.7 cm³/mol. The zero-order valence-corrected chi connectivity index (χ0v) is 11.5. The number of rotatable bonds is 5. The van der Waals surface area contributed by atoms with Crippen molar-refractivity contribution in [1.82, 2.24) is 9.97 Å². The van der Waals surface area contributed by atoms with Gasteiger partial charge in [-0.15, -0.1) is 0 Å². The number of aryl methyl sites for hydroxylation is 2. The number of H-pyrrole nitrogens is 1. The molecule has 0 unspecified atom stereocenters. The highest BCUT2D eigenvalue weighted by Crippen LogP contribution is 2.14. The minimum atomic E-state index is -0.840. The molecule has 2 aromatic rings.